The number of nitrogens with zero attached hydrogens (tertiary/aromatic N) is 1. The lowest BCUT2D eigenvalue weighted by Crippen LogP contribution is -2.51. The molecule has 0 amide bonds. The summed E-state index contributed by atoms with van der Waals surface area (Å²) in [4.78, 5) is 2.64. The van der Waals surface area contributed by atoms with E-state index in [-0.39, 0.29) is 6.10 Å². The zero-order chi connectivity index (χ0) is 12.3. The van der Waals surface area contributed by atoms with Gasteiger partial charge in [0.1, 0.15) is 0 Å². The Kier molecular flexibility index (Phi) is 4.83. The number of hydrogen-bond acceptors (Lipinski definition) is 3. The van der Waals surface area contributed by atoms with Crippen LogP contribution in [0.25, 0.3) is 0 Å². The van der Waals surface area contributed by atoms with E-state index in [4.69, 9.17) is 0 Å². The number of hydrogen-bond donors (Lipinski definition) is 2. The SMILES string of the molecule is CC(C)CC1CN(C2CCNCC2)CCC1O. The van der Waals surface area contributed by atoms with E-state index in [1.165, 1.54) is 32.4 Å². The van der Waals surface area contributed by atoms with Gasteiger partial charge in [-0.1, -0.05) is 13.8 Å². The average molecular weight is 240 g/mol. The second kappa shape index (κ2) is 6.17. The Bertz CT molecular complexity index is 226. The summed E-state index contributed by atoms with van der Waals surface area (Å²) >= 11 is 0. The van der Waals surface area contributed by atoms with Crippen LogP contribution in [0.2, 0.25) is 0 Å². The first-order valence-electron chi connectivity index (χ1n) is 7.29. The first-order valence-corrected chi connectivity index (χ1v) is 7.29. The van der Waals surface area contributed by atoms with Crippen molar-refractivity contribution in [2.75, 3.05) is 26.2 Å². The predicted octanol–water partition coefficient (Wildman–Crippen LogP) is 1.47. The van der Waals surface area contributed by atoms with E-state index in [9.17, 15) is 5.11 Å². The summed E-state index contributed by atoms with van der Waals surface area (Å²) in [5.74, 6) is 1.20. The molecule has 0 bridgehead atoms. The van der Waals surface area contributed by atoms with Crippen molar-refractivity contribution in [3.05, 3.63) is 0 Å². The quantitative estimate of drug-likeness (QED) is 0.784. The monoisotopic (exact) mass is 240 g/mol. The van der Waals surface area contributed by atoms with E-state index >= 15 is 0 Å². The third-order valence-electron chi connectivity index (χ3n) is 4.32. The van der Waals surface area contributed by atoms with E-state index in [2.05, 4.69) is 24.1 Å². The molecule has 100 valence electrons. The summed E-state index contributed by atoms with van der Waals surface area (Å²) in [6, 6.07) is 0.762. The van der Waals surface area contributed by atoms with Crippen LogP contribution in [-0.4, -0.2) is 48.3 Å². The smallest absolute Gasteiger partial charge is 0.0592 e. The Hall–Kier alpha value is -0.120. The predicted molar refractivity (Wildman–Crippen MR) is 71.0 cm³/mol. The van der Waals surface area contributed by atoms with Crippen molar-refractivity contribution in [2.24, 2.45) is 11.8 Å². The van der Waals surface area contributed by atoms with Crippen LogP contribution in [-0.2, 0) is 0 Å². The molecule has 2 aliphatic rings. The summed E-state index contributed by atoms with van der Waals surface area (Å²) < 4.78 is 0. The summed E-state index contributed by atoms with van der Waals surface area (Å²) in [5, 5.41) is 13.5. The molecule has 2 atom stereocenters. The van der Waals surface area contributed by atoms with E-state index in [0.29, 0.717) is 11.8 Å². The van der Waals surface area contributed by atoms with Gasteiger partial charge >= 0.3 is 0 Å². The Morgan fingerprint density at radius 1 is 1.24 bits per heavy atom. The Labute approximate surface area is 106 Å². The van der Waals surface area contributed by atoms with Crippen molar-refractivity contribution in [3.8, 4) is 0 Å². The molecule has 17 heavy (non-hydrogen) atoms. The third-order valence-corrected chi connectivity index (χ3v) is 4.32. The number of piperidine rings is 2. The zero-order valence-electron chi connectivity index (χ0n) is 11.4. The Morgan fingerprint density at radius 3 is 2.59 bits per heavy atom. The fourth-order valence-electron chi connectivity index (χ4n) is 3.39. The first-order chi connectivity index (χ1) is 8.16. The van der Waals surface area contributed by atoms with E-state index in [1.54, 1.807) is 0 Å². The number of aliphatic hydroxyl groups excluding tert-OH is 1. The molecule has 0 aromatic heterocycles. The molecule has 2 saturated heterocycles. The standard InChI is InChI=1S/C14H28N2O/c1-11(2)9-12-10-16(8-5-14(12)17)13-3-6-15-7-4-13/h11-15,17H,3-10H2,1-2H3. The van der Waals surface area contributed by atoms with Crippen LogP contribution in [0.4, 0.5) is 0 Å². The fraction of sp³-hybridized carbons (Fsp3) is 1.00. The number of likely N-dealkylation sites (tertiary alicyclic amines) is 1. The van der Waals surface area contributed by atoms with Crippen molar-refractivity contribution < 1.29 is 5.11 Å². The van der Waals surface area contributed by atoms with Crippen LogP contribution in [0.5, 0.6) is 0 Å². The molecule has 0 aromatic carbocycles. The van der Waals surface area contributed by atoms with Gasteiger partial charge in [0.25, 0.3) is 0 Å². The number of aliphatic hydroxyl groups is 1. The number of nitrogens with one attached hydrogen (secondary N) is 1. The van der Waals surface area contributed by atoms with Crippen LogP contribution in [0.1, 0.15) is 39.5 Å². The van der Waals surface area contributed by atoms with Gasteiger partial charge in [-0.05, 0) is 50.6 Å². The van der Waals surface area contributed by atoms with Crippen molar-refractivity contribution in [2.45, 2.75) is 51.7 Å². The highest BCUT2D eigenvalue weighted by Gasteiger charge is 2.31. The summed E-state index contributed by atoms with van der Waals surface area (Å²) in [7, 11) is 0. The molecule has 3 heteroatoms. The molecule has 2 rings (SSSR count). The van der Waals surface area contributed by atoms with Gasteiger partial charge < -0.3 is 10.4 Å². The van der Waals surface area contributed by atoms with Crippen LogP contribution in [0.15, 0.2) is 0 Å². The molecule has 2 heterocycles. The van der Waals surface area contributed by atoms with E-state index < -0.39 is 0 Å². The van der Waals surface area contributed by atoms with Gasteiger partial charge in [0.15, 0.2) is 0 Å². The van der Waals surface area contributed by atoms with Gasteiger partial charge in [-0.25, -0.2) is 0 Å². The lowest BCUT2D eigenvalue weighted by atomic mass is 9.86. The van der Waals surface area contributed by atoms with Gasteiger partial charge in [0.2, 0.25) is 0 Å². The summed E-state index contributed by atoms with van der Waals surface area (Å²) in [6.07, 6.45) is 4.65. The highest BCUT2D eigenvalue weighted by Crippen LogP contribution is 2.26. The van der Waals surface area contributed by atoms with Crippen LogP contribution >= 0.6 is 0 Å². The highest BCUT2D eigenvalue weighted by atomic mass is 16.3. The van der Waals surface area contributed by atoms with Crippen LogP contribution < -0.4 is 5.32 Å². The molecular weight excluding hydrogens is 212 g/mol. The average Bonchev–Trinajstić information content (AvgIpc) is 2.32. The molecule has 2 unspecified atom stereocenters. The molecule has 3 nitrogen and oxygen atoms in total. The van der Waals surface area contributed by atoms with Crippen molar-refractivity contribution in [1.82, 2.24) is 10.2 Å². The maximum Gasteiger partial charge on any atom is 0.0592 e. The maximum atomic E-state index is 10.1. The normalized spacial score (nSPS) is 33.2. The summed E-state index contributed by atoms with van der Waals surface area (Å²) in [5.41, 5.74) is 0. The van der Waals surface area contributed by atoms with E-state index in [1.807, 2.05) is 0 Å². The number of rotatable bonds is 3. The fourth-order valence-corrected chi connectivity index (χ4v) is 3.39. The second-order valence-corrected chi connectivity index (χ2v) is 6.22. The molecule has 0 spiro atoms. The van der Waals surface area contributed by atoms with Gasteiger partial charge in [0.05, 0.1) is 6.10 Å². The minimum absolute atomic E-state index is 0.0598. The lowest BCUT2D eigenvalue weighted by molar-refractivity contribution is -0.00355. The molecule has 0 aromatic rings. The van der Waals surface area contributed by atoms with Crippen molar-refractivity contribution in [1.29, 1.82) is 0 Å². The largest absolute Gasteiger partial charge is 0.393 e. The van der Waals surface area contributed by atoms with Gasteiger partial charge in [-0.3, -0.25) is 4.90 Å². The Morgan fingerprint density at radius 2 is 1.94 bits per heavy atom. The van der Waals surface area contributed by atoms with Gasteiger partial charge in [-0.2, -0.15) is 0 Å². The molecule has 2 fully saturated rings. The molecule has 0 saturated carbocycles. The highest BCUT2D eigenvalue weighted by molar-refractivity contribution is 4.86. The zero-order valence-corrected chi connectivity index (χ0v) is 11.4. The van der Waals surface area contributed by atoms with Crippen LogP contribution in [0, 0.1) is 11.8 Å². The van der Waals surface area contributed by atoms with Crippen molar-refractivity contribution >= 4 is 0 Å². The van der Waals surface area contributed by atoms with Crippen molar-refractivity contribution in [3.63, 3.8) is 0 Å². The molecular formula is C14H28N2O. The topological polar surface area (TPSA) is 35.5 Å². The first kappa shape index (κ1) is 13.3. The molecule has 2 N–H and O–H groups in total. The third kappa shape index (κ3) is 3.67. The van der Waals surface area contributed by atoms with E-state index in [0.717, 1.165) is 25.6 Å². The maximum absolute atomic E-state index is 10.1. The molecule has 2 aliphatic heterocycles. The minimum Gasteiger partial charge on any atom is -0.393 e. The van der Waals surface area contributed by atoms with Gasteiger partial charge in [-0.15, -0.1) is 0 Å². The lowest BCUT2D eigenvalue weighted by Gasteiger charge is -2.42. The minimum atomic E-state index is -0.0598. The second-order valence-electron chi connectivity index (χ2n) is 6.22. The summed E-state index contributed by atoms with van der Waals surface area (Å²) in [6.45, 7) is 9.06. The molecule has 0 aliphatic carbocycles. The van der Waals surface area contributed by atoms with Crippen LogP contribution in [0.3, 0.4) is 0 Å². The van der Waals surface area contributed by atoms with Gasteiger partial charge in [0, 0.05) is 19.1 Å². The Balaban J connectivity index is 1.87. The molecule has 0 radical (unpaired) electrons.